The second-order valence-corrected chi connectivity index (χ2v) is 11.1. The Morgan fingerprint density at radius 2 is 0.821 bits per heavy atom. The van der Waals surface area contributed by atoms with Crippen molar-refractivity contribution in [3.8, 4) is 0 Å². The van der Waals surface area contributed by atoms with Crippen LogP contribution in [0, 0.1) is 0 Å². The van der Waals surface area contributed by atoms with Crippen LogP contribution in [0.1, 0.15) is 175 Å². The smallest absolute Gasteiger partial charge is 0.332 e. The summed E-state index contributed by atoms with van der Waals surface area (Å²) in [4.78, 5) is 20.7. The van der Waals surface area contributed by atoms with Gasteiger partial charge in [-0.1, -0.05) is 155 Å². The number of carbonyl (C=O) groups is 2. The average Bonchev–Trinajstić information content (AvgIpc) is 2.91. The maximum absolute atomic E-state index is 10.5. The van der Waals surface area contributed by atoms with Gasteiger partial charge in [0, 0.05) is 13.2 Å². The van der Waals surface area contributed by atoms with Crippen molar-refractivity contribution in [1.82, 2.24) is 0 Å². The van der Waals surface area contributed by atoms with Crippen molar-refractivity contribution in [2.45, 2.75) is 181 Å². The van der Waals surface area contributed by atoms with E-state index in [1.807, 2.05) is 0 Å². The van der Waals surface area contributed by atoms with Crippen molar-refractivity contribution in [2.75, 3.05) is 19.8 Å². The van der Waals surface area contributed by atoms with Crippen LogP contribution in [-0.2, 0) is 19.1 Å². The van der Waals surface area contributed by atoms with Gasteiger partial charge in [0.15, 0.2) is 6.10 Å². The molecule has 6 nitrogen and oxygen atoms in total. The van der Waals surface area contributed by atoms with E-state index in [4.69, 9.17) is 19.7 Å². The van der Waals surface area contributed by atoms with Gasteiger partial charge in [-0.3, -0.25) is 0 Å². The Labute approximate surface area is 242 Å². The molecule has 0 fully saturated rings. The Morgan fingerprint density at radius 3 is 1.13 bits per heavy atom. The Hall–Kier alpha value is -1.14. The van der Waals surface area contributed by atoms with Gasteiger partial charge >= 0.3 is 11.9 Å². The third-order valence-corrected chi connectivity index (χ3v) is 7.08. The van der Waals surface area contributed by atoms with Crippen LogP contribution in [0.3, 0.4) is 0 Å². The van der Waals surface area contributed by atoms with Crippen molar-refractivity contribution in [3.05, 3.63) is 0 Å². The van der Waals surface area contributed by atoms with Crippen LogP contribution in [0.25, 0.3) is 0 Å². The molecule has 0 spiro atoms. The highest BCUT2D eigenvalue weighted by Crippen LogP contribution is 2.13. The third-order valence-electron chi connectivity index (χ3n) is 7.08. The highest BCUT2D eigenvalue weighted by Gasteiger charge is 2.09. The summed E-state index contributed by atoms with van der Waals surface area (Å²) in [5.74, 6) is -1.75. The molecule has 0 aliphatic carbocycles. The van der Waals surface area contributed by atoms with Crippen molar-refractivity contribution >= 4 is 11.9 Å². The quantitative estimate of drug-likeness (QED) is 0.0852. The van der Waals surface area contributed by atoms with Crippen LogP contribution in [0.15, 0.2) is 0 Å². The summed E-state index contributed by atoms with van der Waals surface area (Å²) < 4.78 is 10.2. The molecule has 0 aromatic rings. The monoisotopic (exact) mass is 558 g/mol. The minimum absolute atomic E-state index is 0.155. The topological polar surface area (TPSA) is 93.1 Å². The van der Waals surface area contributed by atoms with E-state index in [0.29, 0.717) is 13.2 Å². The fourth-order valence-corrected chi connectivity index (χ4v) is 4.48. The molecule has 0 saturated heterocycles. The van der Waals surface area contributed by atoms with Gasteiger partial charge in [-0.2, -0.15) is 0 Å². The number of hydrogen-bond donors (Lipinski definition) is 2. The Morgan fingerprint density at radius 1 is 0.513 bits per heavy atom. The summed E-state index contributed by atoms with van der Waals surface area (Å²) in [6, 6.07) is 0. The second kappa shape index (κ2) is 34.9. The van der Waals surface area contributed by atoms with E-state index in [-0.39, 0.29) is 6.61 Å². The molecular weight excluding hydrogens is 492 g/mol. The highest BCUT2D eigenvalue weighted by atomic mass is 16.5. The first kappa shape index (κ1) is 40.0. The van der Waals surface area contributed by atoms with Crippen molar-refractivity contribution in [2.24, 2.45) is 0 Å². The maximum atomic E-state index is 10.5. The van der Waals surface area contributed by atoms with Crippen molar-refractivity contribution in [3.63, 3.8) is 0 Å². The lowest BCUT2D eigenvalue weighted by molar-refractivity contribution is -0.149. The summed E-state index contributed by atoms with van der Waals surface area (Å²) in [6.07, 6.45) is 30.9. The fourth-order valence-electron chi connectivity index (χ4n) is 4.48. The molecule has 0 rings (SSSR count). The molecular formula is C33H66O6. The van der Waals surface area contributed by atoms with E-state index in [1.165, 1.54) is 128 Å². The van der Waals surface area contributed by atoms with Gasteiger partial charge in [0.05, 0.1) is 0 Å². The molecule has 6 heteroatoms. The van der Waals surface area contributed by atoms with E-state index in [1.54, 1.807) is 6.92 Å². The predicted molar refractivity (Wildman–Crippen MR) is 164 cm³/mol. The summed E-state index contributed by atoms with van der Waals surface area (Å²) in [5.41, 5.74) is 0. The Kier molecular flexibility index (Phi) is 35.8. The van der Waals surface area contributed by atoms with Crippen LogP contribution in [0.5, 0.6) is 0 Å². The summed E-state index contributed by atoms with van der Waals surface area (Å²) >= 11 is 0. The van der Waals surface area contributed by atoms with Crippen molar-refractivity contribution < 1.29 is 29.3 Å². The minimum atomic E-state index is -0.876. The van der Waals surface area contributed by atoms with E-state index in [2.05, 4.69) is 13.8 Å². The molecule has 0 aliphatic heterocycles. The van der Waals surface area contributed by atoms with Gasteiger partial charge in [-0.25, -0.2) is 9.59 Å². The van der Waals surface area contributed by atoms with Gasteiger partial charge in [0.2, 0.25) is 0 Å². The van der Waals surface area contributed by atoms with Gasteiger partial charge in [-0.15, -0.1) is 0 Å². The van der Waals surface area contributed by atoms with E-state index < -0.39 is 18.0 Å². The molecule has 0 saturated carbocycles. The number of ether oxygens (including phenoxy) is 2. The molecule has 1 atom stereocenters. The number of carboxylic acid groups (broad SMARTS) is 2. The molecule has 0 aromatic heterocycles. The van der Waals surface area contributed by atoms with Gasteiger partial charge in [0.25, 0.3) is 0 Å². The molecule has 234 valence electrons. The first-order valence-corrected chi connectivity index (χ1v) is 16.6. The van der Waals surface area contributed by atoms with E-state index in [9.17, 15) is 9.59 Å². The highest BCUT2D eigenvalue weighted by molar-refractivity contribution is 5.71. The standard InChI is InChI=1S/C17H34O3.C16H32O3/c1-3-4-5-6-7-8-9-10-11-12-13-14-15-20-16(2)17(18)19;1-2-3-4-5-6-7-8-9-10-11-12-13-14-19-15-16(17)18/h16H,3-15H2,1-2H3,(H,18,19);2-15H2,1H3,(H,17,18). The number of unbranched alkanes of at least 4 members (excludes halogenated alkanes) is 22. The van der Waals surface area contributed by atoms with Crippen LogP contribution < -0.4 is 0 Å². The predicted octanol–water partition coefficient (Wildman–Crippen LogP) is 9.97. The van der Waals surface area contributed by atoms with Gasteiger partial charge in [0.1, 0.15) is 6.61 Å². The number of carboxylic acids is 2. The van der Waals surface area contributed by atoms with E-state index >= 15 is 0 Å². The SMILES string of the molecule is CCCCCCCCCCCCCCOC(C)C(=O)O.CCCCCCCCCCCCCCOCC(=O)O. The zero-order valence-electron chi connectivity index (χ0n) is 26.2. The fraction of sp³-hybridized carbons (Fsp3) is 0.939. The summed E-state index contributed by atoms with van der Waals surface area (Å²) in [5, 5.41) is 17.0. The van der Waals surface area contributed by atoms with Crippen LogP contribution in [0.2, 0.25) is 0 Å². The number of rotatable bonds is 30. The largest absolute Gasteiger partial charge is 0.480 e. The number of aliphatic carboxylic acids is 2. The van der Waals surface area contributed by atoms with E-state index in [0.717, 1.165) is 25.7 Å². The molecule has 0 bridgehead atoms. The summed E-state index contributed by atoms with van der Waals surface area (Å²) in [7, 11) is 0. The lowest BCUT2D eigenvalue weighted by Gasteiger charge is -2.07. The first-order chi connectivity index (χ1) is 19.0. The molecule has 0 radical (unpaired) electrons. The molecule has 0 amide bonds. The van der Waals surface area contributed by atoms with Crippen LogP contribution in [-0.4, -0.2) is 48.1 Å². The second-order valence-electron chi connectivity index (χ2n) is 11.1. The minimum Gasteiger partial charge on any atom is -0.480 e. The Bertz CT molecular complexity index is 497. The maximum Gasteiger partial charge on any atom is 0.332 e. The molecule has 0 aromatic carbocycles. The Balaban J connectivity index is 0. The lowest BCUT2D eigenvalue weighted by Crippen LogP contribution is -2.20. The van der Waals surface area contributed by atoms with Crippen LogP contribution >= 0.6 is 0 Å². The molecule has 39 heavy (non-hydrogen) atoms. The zero-order valence-corrected chi connectivity index (χ0v) is 26.2. The molecule has 0 heterocycles. The third kappa shape index (κ3) is 39.1. The van der Waals surface area contributed by atoms with Gasteiger partial charge in [-0.05, 0) is 19.8 Å². The molecule has 0 aliphatic rings. The van der Waals surface area contributed by atoms with Crippen molar-refractivity contribution in [1.29, 1.82) is 0 Å². The van der Waals surface area contributed by atoms with Crippen LogP contribution in [0.4, 0.5) is 0 Å². The first-order valence-electron chi connectivity index (χ1n) is 16.6. The molecule has 2 N–H and O–H groups in total. The van der Waals surface area contributed by atoms with Gasteiger partial charge < -0.3 is 19.7 Å². The average molecular weight is 559 g/mol. The zero-order chi connectivity index (χ0) is 29.2. The lowest BCUT2D eigenvalue weighted by atomic mass is 10.1. The number of hydrogen-bond acceptors (Lipinski definition) is 4. The molecule has 1 unspecified atom stereocenters. The normalized spacial score (nSPS) is 11.7. The summed E-state index contributed by atoms with van der Waals surface area (Å²) in [6.45, 7) is 7.11.